The quantitative estimate of drug-likeness (QED) is 0.640. The van der Waals surface area contributed by atoms with Crippen molar-refractivity contribution in [1.29, 1.82) is 0 Å². The molecular formula is C14H28N6. The van der Waals surface area contributed by atoms with E-state index in [1.165, 1.54) is 0 Å². The van der Waals surface area contributed by atoms with Crippen molar-refractivity contribution in [2.24, 2.45) is 0 Å². The van der Waals surface area contributed by atoms with Crippen LogP contribution in [0.4, 0.5) is 11.9 Å². The van der Waals surface area contributed by atoms with Crippen LogP contribution in [0.1, 0.15) is 39.4 Å². The number of nitrogens with zero attached hydrogens (tertiary/aromatic N) is 4. The number of aromatic nitrogens is 3. The average Bonchev–Trinajstić information content (AvgIpc) is 2.45. The van der Waals surface area contributed by atoms with E-state index in [1.807, 2.05) is 6.92 Å². The largest absolute Gasteiger partial charge is 0.354 e. The number of nitrogens with one attached hydrogen (secondary N) is 2. The van der Waals surface area contributed by atoms with E-state index in [0.717, 1.165) is 51.4 Å². The highest BCUT2D eigenvalue weighted by molar-refractivity contribution is 5.34. The predicted molar refractivity (Wildman–Crippen MR) is 84.2 cm³/mol. The lowest BCUT2D eigenvalue weighted by atomic mass is 10.3. The van der Waals surface area contributed by atoms with Gasteiger partial charge in [0.25, 0.3) is 0 Å². The number of rotatable bonds is 10. The molecule has 0 aliphatic rings. The van der Waals surface area contributed by atoms with E-state index in [9.17, 15) is 0 Å². The van der Waals surface area contributed by atoms with Crippen LogP contribution in [-0.2, 0) is 0 Å². The fourth-order valence-corrected chi connectivity index (χ4v) is 1.92. The molecule has 6 nitrogen and oxygen atoms in total. The molecule has 0 unspecified atom stereocenters. The number of anilines is 2. The molecule has 2 N–H and O–H groups in total. The molecule has 114 valence electrons. The van der Waals surface area contributed by atoms with Crippen molar-refractivity contribution in [3.63, 3.8) is 0 Å². The van der Waals surface area contributed by atoms with Crippen LogP contribution in [0.2, 0.25) is 0 Å². The van der Waals surface area contributed by atoms with Gasteiger partial charge in [-0.1, -0.05) is 20.8 Å². The van der Waals surface area contributed by atoms with Crippen molar-refractivity contribution in [3.05, 3.63) is 5.82 Å². The van der Waals surface area contributed by atoms with E-state index >= 15 is 0 Å². The van der Waals surface area contributed by atoms with Crippen LogP contribution in [0.5, 0.6) is 0 Å². The van der Waals surface area contributed by atoms with Gasteiger partial charge in [-0.15, -0.1) is 0 Å². The Morgan fingerprint density at radius 3 is 2.05 bits per heavy atom. The van der Waals surface area contributed by atoms with Crippen molar-refractivity contribution < 1.29 is 0 Å². The maximum Gasteiger partial charge on any atom is 0.227 e. The molecule has 6 heteroatoms. The fraction of sp³-hybridized carbons (Fsp3) is 0.786. The zero-order valence-corrected chi connectivity index (χ0v) is 13.2. The van der Waals surface area contributed by atoms with Crippen LogP contribution in [-0.4, -0.2) is 52.6 Å². The van der Waals surface area contributed by atoms with E-state index in [1.54, 1.807) is 0 Å². The topological polar surface area (TPSA) is 66.0 Å². The first-order valence-electron chi connectivity index (χ1n) is 7.62. The number of hydrogen-bond acceptors (Lipinski definition) is 6. The van der Waals surface area contributed by atoms with Gasteiger partial charge in [-0.3, -0.25) is 0 Å². The summed E-state index contributed by atoms with van der Waals surface area (Å²) in [4.78, 5) is 15.4. The van der Waals surface area contributed by atoms with Gasteiger partial charge in [0.15, 0.2) is 0 Å². The van der Waals surface area contributed by atoms with Gasteiger partial charge >= 0.3 is 0 Å². The molecule has 0 radical (unpaired) electrons. The Labute approximate surface area is 122 Å². The lowest BCUT2D eigenvalue weighted by Gasteiger charge is -2.17. The Morgan fingerprint density at radius 2 is 1.50 bits per heavy atom. The van der Waals surface area contributed by atoms with Crippen molar-refractivity contribution in [1.82, 2.24) is 19.9 Å². The first-order valence-corrected chi connectivity index (χ1v) is 7.62. The maximum absolute atomic E-state index is 4.37. The third-order valence-corrected chi connectivity index (χ3v) is 3.11. The third-order valence-electron chi connectivity index (χ3n) is 3.11. The summed E-state index contributed by atoms with van der Waals surface area (Å²) < 4.78 is 0. The second-order valence-corrected chi connectivity index (χ2v) is 4.76. The monoisotopic (exact) mass is 280 g/mol. The zero-order chi connectivity index (χ0) is 14.8. The van der Waals surface area contributed by atoms with Gasteiger partial charge in [0.1, 0.15) is 5.82 Å². The minimum absolute atomic E-state index is 0.658. The minimum Gasteiger partial charge on any atom is -0.354 e. The van der Waals surface area contributed by atoms with Crippen molar-refractivity contribution >= 4 is 11.9 Å². The molecule has 1 rings (SSSR count). The van der Waals surface area contributed by atoms with Crippen molar-refractivity contribution in [2.45, 2.75) is 40.5 Å². The second kappa shape index (κ2) is 9.47. The van der Waals surface area contributed by atoms with Crippen LogP contribution in [0.15, 0.2) is 0 Å². The van der Waals surface area contributed by atoms with E-state index < -0.39 is 0 Å². The number of aryl methyl sites for hydroxylation is 1. The van der Waals surface area contributed by atoms with Gasteiger partial charge < -0.3 is 15.5 Å². The van der Waals surface area contributed by atoms with Gasteiger partial charge in [-0.25, -0.2) is 0 Å². The third kappa shape index (κ3) is 6.14. The minimum atomic E-state index is 0.658. The van der Waals surface area contributed by atoms with Gasteiger partial charge in [-0.2, -0.15) is 15.0 Å². The van der Waals surface area contributed by atoms with E-state index in [2.05, 4.69) is 51.3 Å². The summed E-state index contributed by atoms with van der Waals surface area (Å²) in [6.45, 7) is 13.5. The van der Waals surface area contributed by atoms with Crippen molar-refractivity contribution in [3.8, 4) is 0 Å². The van der Waals surface area contributed by atoms with Crippen LogP contribution in [0.3, 0.4) is 0 Å². The summed E-state index contributed by atoms with van der Waals surface area (Å²) in [5, 5.41) is 6.47. The molecule has 0 amide bonds. The van der Waals surface area contributed by atoms with Crippen LogP contribution < -0.4 is 10.6 Å². The summed E-state index contributed by atoms with van der Waals surface area (Å²) >= 11 is 0. The molecule has 1 aromatic rings. The first-order chi connectivity index (χ1) is 9.69. The molecule has 0 fully saturated rings. The Bertz CT molecular complexity index is 378. The Hall–Kier alpha value is -1.43. The molecule has 0 saturated heterocycles. The molecule has 1 aromatic heterocycles. The molecular weight excluding hydrogens is 252 g/mol. The van der Waals surface area contributed by atoms with Crippen molar-refractivity contribution in [2.75, 3.05) is 43.4 Å². The van der Waals surface area contributed by atoms with Gasteiger partial charge in [0.05, 0.1) is 0 Å². The number of hydrogen-bond donors (Lipinski definition) is 2. The SMILES string of the molecule is CCCNc1nc(C)nc(NCCCN(CC)CC)n1. The molecule has 0 aromatic carbocycles. The Kier molecular flexibility index (Phi) is 7.87. The van der Waals surface area contributed by atoms with Gasteiger partial charge in [0.2, 0.25) is 11.9 Å². The predicted octanol–water partition coefficient (Wildman–Crippen LogP) is 2.15. The molecule has 20 heavy (non-hydrogen) atoms. The summed E-state index contributed by atoms with van der Waals surface area (Å²) in [7, 11) is 0. The molecule has 0 bridgehead atoms. The summed E-state index contributed by atoms with van der Waals surface area (Å²) in [5.74, 6) is 2.06. The highest BCUT2D eigenvalue weighted by atomic mass is 15.2. The van der Waals surface area contributed by atoms with E-state index in [-0.39, 0.29) is 0 Å². The first kappa shape index (κ1) is 16.6. The fourth-order valence-electron chi connectivity index (χ4n) is 1.92. The van der Waals surface area contributed by atoms with E-state index in [0.29, 0.717) is 11.9 Å². The van der Waals surface area contributed by atoms with Crippen LogP contribution in [0, 0.1) is 6.92 Å². The molecule has 1 heterocycles. The molecule has 0 aliphatic carbocycles. The standard InChI is InChI=1S/C14H28N6/c1-5-9-15-13-17-12(4)18-14(19-13)16-10-8-11-20(6-2)7-3/h5-11H2,1-4H3,(H2,15,16,17,18,19). The maximum atomic E-state index is 4.37. The van der Waals surface area contributed by atoms with E-state index in [4.69, 9.17) is 0 Å². The molecule has 0 aliphatic heterocycles. The Morgan fingerprint density at radius 1 is 0.900 bits per heavy atom. The Balaban J connectivity index is 2.41. The molecule has 0 saturated carbocycles. The summed E-state index contributed by atoms with van der Waals surface area (Å²) in [5.41, 5.74) is 0. The van der Waals surface area contributed by atoms with Crippen LogP contribution in [0.25, 0.3) is 0 Å². The lowest BCUT2D eigenvalue weighted by molar-refractivity contribution is 0.303. The van der Waals surface area contributed by atoms with Crippen LogP contribution >= 0.6 is 0 Å². The average molecular weight is 280 g/mol. The van der Waals surface area contributed by atoms with Gasteiger partial charge in [0, 0.05) is 13.1 Å². The highest BCUT2D eigenvalue weighted by Crippen LogP contribution is 2.05. The lowest BCUT2D eigenvalue weighted by Crippen LogP contribution is -2.25. The summed E-state index contributed by atoms with van der Waals surface area (Å²) in [6.07, 6.45) is 2.14. The molecule has 0 spiro atoms. The second-order valence-electron chi connectivity index (χ2n) is 4.76. The summed E-state index contributed by atoms with van der Waals surface area (Å²) in [6, 6.07) is 0. The zero-order valence-electron chi connectivity index (χ0n) is 13.2. The normalized spacial score (nSPS) is 10.8. The smallest absolute Gasteiger partial charge is 0.227 e. The molecule has 0 atom stereocenters. The van der Waals surface area contributed by atoms with Gasteiger partial charge in [-0.05, 0) is 39.4 Å². The highest BCUT2D eigenvalue weighted by Gasteiger charge is 2.03.